The summed E-state index contributed by atoms with van der Waals surface area (Å²) in [5, 5.41) is 9.86. The minimum Gasteiger partial charge on any atom is -0.508 e. The van der Waals surface area contributed by atoms with E-state index in [4.69, 9.17) is 9.47 Å². The number of epoxide rings is 1. The van der Waals surface area contributed by atoms with Crippen LogP contribution in [-0.4, -0.2) is 24.4 Å². The standard InChI is InChI=1S/C24H36O3/c1-2-3-4-5-6-7-8-9-10-11-12-13-14-15-21-16-22(25)18-23(17-21)26-19-24-20-27-24/h4-5,7-8,16-18,24-25H,2-3,6,9-15,19-20H2,1H3. The van der Waals surface area contributed by atoms with Gasteiger partial charge in [-0.1, -0.05) is 56.9 Å². The average Bonchev–Trinajstić information content (AvgIpc) is 3.48. The van der Waals surface area contributed by atoms with Crippen molar-refractivity contribution >= 4 is 0 Å². The minimum atomic E-state index is 0.239. The van der Waals surface area contributed by atoms with Crippen LogP contribution in [-0.2, 0) is 11.2 Å². The van der Waals surface area contributed by atoms with Crippen LogP contribution in [0.4, 0.5) is 0 Å². The summed E-state index contributed by atoms with van der Waals surface area (Å²) in [6, 6.07) is 5.57. The molecule has 1 fully saturated rings. The maximum Gasteiger partial charge on any atom is 0.123 e. The van der Waals surface area contributed by atoms with E-state index >= 15 is 0 Å². The van der Waals surface area contributed by atoms with Gasteiger partial charge in [0.1, 0.15) is 24.2 Å². The monoisotopic (exact) mass is 372 g/mol. The molecule has 0 saturated carbocycles. The van der Waals surface area contributed by atoms with E-state index in [1.807, 2.05) is 12.1 Å². The van der Waals surface area contributed by atoms with E-state index in [-0.39, 0.29) is 11.9 Å². The third kappa shape index (κ3) is 10.9. The van der Waals surface area contributed by atoms with Crippen molar-refractivity contribution in [2.45, 2.75) is 77.2 Å². The Labute approximate surface area is 165 Å². The fourth-order valence-electron chi connectivity index (χ4n) is 3.02. The summed E-state index contributed by atoms with van der Waals surface area (Å²) in [7, 11) is 0. The van der Waals surface area contributed by atoms with Gasteiger partial charge in [-0.3, -0.25) is 0 Å². The van der Waals surface area contributed by atoms with Crippen LogP contribution in [0.2, 0.25) is 0 Å². The molecule has 1 atom stereocenters. The fraction of sp³-hybridized carbons (Fsp3) is 0.583. The second kappa shape index (κ2) is 13.4. The molecule has 1 saturated heterocycles. The van der Waals surface area contributed by atoms with E-state index in [0.717, 1.165) is 37.2 Å². The van der Waals surface area contributed by atoms with Crippen molar-refractivity contribution < 1.29 is 14.6 Å². The number of phenolic OH excluding ortho intramolecular Hbond substituents is 1. The lowest BCUT2D eigenvalue weighted by Crippen LogP contribution is -2.04. The first-order valence-electron chi connectivity index (χ1n) is 10.6. The molecule has 0 amide bonds. The van der Waals surface area contributed by atoms with Crippen molar-refractivity contribution in [3.05, 3.63) is 48.1 Å². The molecule has 1 aliphatic heterocycles. The number of ether oxygens (including phenoxy) is 2. The van der Waals surface area contributed by atoms with Crippen molar-refractivity contribution in [2.75, 3.05) is 13.2 Å². The molecular formula is C24H36O3. The quantitative estimate of drug-likeness (QED) is 0.221. The third-order valence-corrected chi connectivity index (χ3v) is 4.69. The van der Waals surface area contributed by atoms with Crippen molar-refractivity contribution in [1.29, 1.82) is 0 Å². The first kappa shape index (κ1) is 21.6. The van der Waals surface area contributed by atoms with Crippen LogP contribution in [0.25, 0.3) is 0 Å². The van der Waals surface area contributed by atoms with Crippen molar-refractivity contribution in [3.63, 3.8) is 0 Å². The van der Waals surface area contributed by atoms with Crippen LogP contribution in [0.15, 0.2) is 42.5 Å². The van der Waals surface area contributed by atoms with Crippen LogP contribution in [0.3, 0.4) is 0 Å². The van der Waals surface area contributed by atoms with Crippen LogP contribution in [0.1, 0.15) is 70.3 Å². The van der Waals surface area contributed by atoms with Gasteiger partial charge in [0, 0.05) is 6.07 Å². The molecule has 1 unspecified atom stereocenters. The molecule has 1 aromatic rings. The molecule has 0 radical (unpaired) electrons. The number of allylic oxidation sites excluding steroid dienone is 4. The molecule has 1 aliphatic rings. The number of hydrogen-bond acceptors (Lipinski definition) is 3. The van der Waals surface area contributed by atoms with Gasteiger partial charge in [-0.2, -0.15) is 0 Å². The minimum absolute atomic E-state index is 0.239. The Morgan fingerprint density at radius 2 is 1.74 bits per heavy atom. The predicted molar refractivity (Wildman–Crippen MR) is 113 cm³/mol. The molecule has 0 aliphatic carbocycles. The zero-order valence-corrected chi connectivity index (χ0v) is 16.9. The van der Waals surface area contributed by atoms with Gasteiger partial charge in [-0.15, -0.1) is 0 Å². The summed E-state index contributed by atoms with van der Waals surface area (Å²) in [4.78, 5) is 0. The van der Waals surface area contributed by atoms with E-state index < -0.39 is 0 Å². The zero-order chi connectivity index (χ0) is 19.2. The van der Waals surface area contributed by atoms with Crippen LogP contribution in [0.5, 0.6) is 11.5 Å². The fourth-order valence-corrected chi connectivity index (χ4v) is 3.02. The molecule has 0 spiro atoms. The van der Waals surface area contributed by atoms with E-state index in [9.17, 15) is 5.11 Å². The predicted octanol–water partition coefficient (Wildman–Crippen LogP) is 6.36. The van der Waals surface area contributed by atoms with Crippen LogP contribution in [0, 0.1) is 0 Å². The Hall–Kier alpha value is -1.74. The van der Waals surface area contributed by atoms with Gasteiger partial charge >= 0.3 is 0 Å². The van der Waals surface area contributed by atoms with Gasteiger partial charge < -0.3 is 14.6 Å². The molecular weight excluding hydrogens is 336 g/mol. The molecule has 3 heteroatoms. The summed E-state index contributed by atoms with van der Waals surface area (Å²) in [5.74, 6) is 1.03. The summed E-state index contributed by atoms with van der Waals surface area (Å²) < 4.78 is 10.8. The number of unbranched alkanes of at least 4 members (excludes halogenated alkanes) is 6. The van der Waals surface area contributed by atoms with Crippen LogP contribution >= 0.6 is 0 Å². The molecule has 0 bridgehead atoms. The van der Waals surface area contributed by atoms with Crippen molar-refractivity contribution in [2.24, 2.45) is 0 Å². The topological polar surface area (TPSA) is 42.0 Å². The van der Waals surface area contributed by atoms with Gasteiger partial charge in [0.15, 0.2) is 0 Å². The Balaban J connectivity index is 1.49. The van der Waals surface area contributed by atoms with Crippen LogP contribution < -0.4 is 4.74 Å². The number of rotatable bonds is 15. The van der Waals surface area contributed by atoms with E-state index in [2.05, 4.69) is 31.2 Å². The molecule has 1 aromatic carbocycles. The molecule has 3 nitrogen and oxygen atoms in total. The highest BCUT2D eigenvalue weighted by Gasteiger charge is 2.23. The average molecular weight is 373 g/mol. The van der Waals surface area contributed by atoms with Crippen molar-refractivity contribution in [3.8, 4) is 11.5 Å². The van der Waals surface area contributed by atoms with Gasteiger partial charge in [0.05, 0.1) is 6.61 Å². The molecule has 0 aromatic heterocycles. The number of phenols is 1. The summed E-state index contributed by atoms with van der Waals surface area (Å²) in [6.45, 7) is 3.57. The van der Waals surface area contributed by atoms with Gasteiger partial charge in [0.2, 0.25) is 0 Å². The Kier molecular flexibility index (Phi) is 10.7. The number of benzene rings is 1. The normalized spacial score (nSPS) is 16.4. The Bertz CT molecular complexity index is 573. The molecule has 150 valence electrons. The zero-order valence-electron chi connectivity index (χ0n) is 16.9. The van der Waals surface area contributed by atoms with Gasteiger partial charge in [-0.25, -0.2) is 0 Å². The largest absolute Gasteiger partial charge is 0.508 e. The van der Waals surface area contributed by atoms with Gasteiger partial charge in [0.25, 0.3) is 0 Å². The lowest BCUT2D eigenvalue weighted by atomic mass is 10.0. The Morgan fingerprint density at radius 1 is 1.00 bits per heavy atom. The SMILES string of the molecule is CCCC=CCC=CCCCCCCCc1cc(O)cc(OCC2CO2)c1. The molecule has 27 heavy (non-hydrogen) atoms. The smallest absolute Gasteiger partial charge is 0.123 e. The lowest BCUT2D eigenvalue weighted by Gasteiger charge is -2.08. The molecule has 1 N–H and O–H groups in total. The number of aromatic hydroxyl groups is 1. The molecule has 2 rings (SSSR count). The lowest BCUT2D eigenvalue weighted by molar-refractivity contribution is 0.262. The molecule has 1 heterocycles. The second-order valence-electron chi connectivity index (χ2n) is 7.38. The third-order valence-electron chi connectivity index (χ3n) is 4.69. The van der Waals surface area contributed by atoms with Crippen molar-refractivity contribution in [1.82, 2.24) is 0 Å². The number of hydrogen-bond donors (Lipinski definition) is 1. The summed E-state index contributed by atoms with van der Waals surface area (Å²) in [6.07, 6.45) is 21.3. The van der Waals surface area contributed by atoms with E-state index in [1.54, 1.807) is 6.07 Å². The highest BCUT2D eigenvalue weighted by Crippen LogP contribution is 2.24. The first-order valence-corrected chi connectivity index (χ1v) is 10.6. The van der Waals surface area contributed by atoms with Gasteiger partial charge in [-0.05, 0) is 56.2 Å². The second-order valence-corrected chi connectivity index (χ2v) is 7.38. The number of aryl methyl sites for hydroxylation is 1. The first-order chi connectivity index (χ1) is 13.3. The maximum absolute atomic E-state index is 9.86. The Morgan fingerprint density at radius 3 is 2.52 bits per heavy atom. The maximum atomic E-state index is 9.86. The summed E-state index contributed by atoms with van der Waals surface area (Å²) >= 11 is 0. The highest BCUT2D eigenvalue weighted by molar-refractivity contribution is 5.37. The van der Waals surface area contributed by atoms with E-state index in [0.29, 0.717) is 6.61 Å². The van der Waals surface area contributed by atoms with E-state index in [1.165, 1.54) is 44.9 Å². The summed E-state index contributed by atoms with van der Waals surface area (Å²) in [5.41, 5.74) is 1.15. The highest BCUT2D eigenvalue weighted by atomic mass is 16.6.